The van der Waals surface area contributed by atoms with Crippen LogP contribution in [-0.4, -0.2) is 30.4 Å². The summed E-state index contributed by atoms with van der Waals surface area (Å²) in [7, 11) is 0. The third-order valence-corrected chi connectivity index (χ3v) is 4.18. The number of benzene rings is 1. The zero-order valence-corrected chi connectivity index (χ0v) is 17.0. The van der Waals surface area contributed by atoms with Crippen LogP contribution in [0.4, 0.5) is 5.88 Å². The van der Waals surface area contributed by atoms with E-state index in [4.69, 9.17) is 13.9 Å². The van der Waals surface area contributed by atoms with Gasteiger partial charge < -0.3 is 13.9 Å². The van der Waals surface area contributed by atoms with E-state index in [1.54, 1.807) is 38.1 Å². The molecule has 0 radical (unpaired) electrons. The molecule has 7 nitrogen and oxygen atoms in total. The lowest BCUT2D eigenvalue weighted by Crippen LogP contribution is -2.30. The molecule has 2 rings (SSSR count). The lowest BCUT2D eigenvalue weighted by atomic mass is 10.1. The summed E-state index contributed by atoms with van der Waals surface area (Å²) in [6.45, 7) is 6.17. The number of anilines is 1. The summed E-state index contributed by atoms with van der Waals surface area (Å²) < 4.78 is 16.9. The number of carbonyl (C=O) groups is 3. The van der Waals surface area contributed by atoms with Gasteiger partial charge in [0.15, 0.2) is 11.9 Å². The van der Waals surface area contributed by atoms with Crippen molar-refractivity contribution in [1.29, 1.82) is 0 Å². The molecule has 27 heavy (non-hydrogen) atoms. The maximum atomic E-state index is 12.5. The van der Waals surface area contributed by atoms with Crippen molar-refractivity contribution in [3.8, 4) is 5.75 Å². The first kappa shape index (κ1) is 20.7. The fraction of sp³-hybridized carbons (Fsp3) is 0.316. The van der Waals surface area contributed by atoms with E-state index in [0.29, 0.717) is 5.75 Å². The molecule has 0 aliphatic rings. The second kappa shape index (κ2) is 8.85. The van der Waals surface area contributed by atoms with Gasteiger partial charge in [0, 0.05) is 4.47 Å². The summed E-state index contributed by atoms with van der Waals surface area (Å²) in [4.78, 5) is 36.6. The van der Waals surface area contributed by atoms with Gasteiger partial charge in [-0.3, -0.25) is 14.9 Å². The number of carbonyl (C=O) groups excluding carboxylic acids is 3. The van der Waals surface area contributed by atoms with E-state index in [9.17, 15) is 14.4 Å². The van der Waals surface area contributed by atoms with E-state index in [1.807, 2.05) is 0 Å². The molecule has 0 bridgehead atoms. The van der Waals surface area contributed by atoms with Gasteiger partial charge in [0.05, 0.1) is 12.2 Å². The summed E-state index contributed by atoms with van der Waals surface area (Å²) in [6.07, 6.45) is -0.868. The number of Topliss-reactive ketones (excluding diaryl/α,β-unsaturated/α-hetero) is 1. The van der Waals surface area contributed by atoms with Crippen LogP contribution in [0.2, 0.25) is 0 Å². The first-order chi connectivity index (χ1) is 12.7. The second-order valence-electron chi connectivity index (χ2n) is 5.72. The molecule has 0 fully saturated rings. The molecule has 0 aliphatic heterocycles. The van der Waals surface area contributed by atoms with Crippen LogP contribution in [0.15, 0.2) is 33.2 Å². The molecule has 1 amide bonds. The van der Waals surface area contributed by atoms with E-state index < -0.39 is 18.0 Å². The molecular weight excluding hydrogens is 418 g/mol. The zero-order valence-electron chi connectivity index (χ0n) is 15.4. The molecule has 0 spiro atoms. The number of furan rings is 1. The Labute approximate surface area is 165 Å². The summed E-state index contributed by atoms with van der Waals surface area (Å²) in [6, 6.07) is 6.99. The van der Waals surface area contributed by atoms with E-state index in [0.717, 1.165) is 4.47 Å². The molecule has 0 saturated carbocycles. The molecule has 1 aromatic carbocycles. The molecule has 1 atom stereocenters. The van der Waals surface area contributed by atoms with Crippen LogP contribution < -0.4 is 10.1 Å². The van der Waals surface area contributed by atoms with Crippen LogP contribution in [0.25, 0.3) is 0 Å². The Bertz CT molecular complexity index is 856. The van der Waals surface area contributed by atoms with Crippen molar-refractivity contribution >= 4 is 39.5 Å². The maximum Gasteiger partial charge on any atom is 0.344 e. The normalized spacial score (nSPS) is 11.6. The largest absolute Gasteiger partial charge is 0.481 e. The van der Waals surface area contributed by atoms with Gasteiger partial charge in [-0.05, 0) is 52.0 Å². The van der Waals surface area contributed by atoms with Crippen molar-refractivity contribution in [1.82, 2.24) is 0 Å². The monoisotopic (exact) mass is 437 g/mol. The van der Waals surface area contributed by atoms with Gasteiger partial charge >= 0.3 is 5.97 Å². The predicted molar refractivity (Wildman–Crippen MR) is 102 cm³/mol. The van der Waals surface area contributed by atoms with Crippen molar-refractivity contribution in [2.24, 2.45) is 0 Å². The molecule has 1 unspecified atom stereocenters. The summed E-state index contributed by atoms with van der Waals surface area (Å²) in [5.74, 6) is -1.04. The van der Waals surface area contributed by atoms with Crippen molar-refractivity contribution in [3.05, 3.63) is 45.6 Å². The number of ketones is 1. The first-order valence-electron chi connectivity index (χ1n) is 8.29. The fourth-order valence-electron chi connectivity index (χ4n) is 2.44. The van der Waals surface area contributed by atoms with Crippen molar-refractivity contribution in [2.75, 3.05) is 11.9 Å². The summed E-state index contributed by atoms with van der Waals surface area (Å²) >= 11 is 3.32. The van der Waals surface area contributed by atoms with Crippen LogP contribution in [0.5, 0.6) is 5.75 Å². The quantitative estimate of drug-likeness (QED) is 0.516. The SMILES string of the molecule is CCOC(=O)c1c(NC(=O)C(C)Oc2ccc(Br)cc2)oc(C)c1C(C)=O. The Hall–Kier alpha value is -2.61. The number of amides is 1. The number of aryl methyl sites for hydroxylation is 1. The number of rotatable bonds is 7. The van der Waals surface area contributed by atoms with E-state index in [-0.39, 0.29) is 35.2 Å². The number of esters is 1. The average molecular weight is 438 g/mol. The number of hydrogen-bond acceptors (Lipinski definition) is 6. The lowest BCUT2D eigenvalue weighted by molar-refractivity contribution is -0.122. The highest BCUT2D eigenvalue weighted by Gasteiger charge is 2.29. The lowest BCUT2D eigenvalue weighted by Gasteiger charge is -2.14. The summed E-state index contributed by atoms with van der Waals surface area (Å²) in [5.41, 5.74) is -0.00345. The number of nitrogens with one attached hydrogen (secondary N) is 1. The van der Waals surface area contributed by atoms with Gasteiger partial charge in [-0.2, -0.15) is 0 Å². The Balaban J connectivity index is 2.23. The van der Waals surface area contributed by atoms with Crippen LogP contribution in [0.1, 0.15) is 47.2 Å². The molecular formula is C19H20BrNO6. The molecule has 1 aromatic heterocycles. The van der Waals surface area contributed by atoms with E-state index >= 15 is 0 Å². The van der Waals surface area contributed by atoms with Gasteiger partial charge in [-0.25, -0.2) is 4.79 Å². The number of ether oxygens (including phenoxy) is 2. The molecule has 8 heteroatoms. The van der Waals surface area contributed by atoms with Crippen molar-refractivity contribution < 1.29 is 28.3 Å². The van der Waals surface area contributed by atoms with Gasteiger partial charge in [0.2, 0.25) is 5.88 Å². The highest BCUT2D eigenvalue weighted by molar-refractivity contribution is 9.10. The highest BCUT2D eigenvalue weighted by atomic mass is 79.9. The third kappa shape index (κ3) is 4.97. The van der Waals surface area contributed by atoms with Crippen LogP contribution in [0.3, 0.4) is 0 Å². The molecule has 0 saturated heterocycles. The Morgan fingerprint density at radius 3 is 2.37 bits per heavy atom. The molecule has 1 N–H and O–H groups in total. The molecule has 0 aliphatic carbocycles. The van der Waals surface area contributed by atoms with Crippen molar-refractivity contribution in [3.63, 3.8) is 0 Å². The number of hydrogen-bond donors (Lipinski definition) is 1. The highest BCUT2D eigenvalue weighted by Crippen LogP contribution is 2.29. The Morgan fingerprint density at radius 2 is 1.81 bits per heavy atom. The Kier molecular flexibility index (Phi) is 6.79. The molecule has 1 heterocycles. The second-order valence-corrected chi connectivity index (χ2v) is 6.63. The van der Waals surface area contributed by atoms with Crippen LogP contribution >= 0.6 is 15.9 Å². The maximum absolute atomic E-state index is 12.5. The molecule has 144 valence electrons. The smallest absolute Gasteiger partial charge is 0.344 e. The first-order valence-corrected chi connectivity index (χ1v) is 9.08. The minimum absolute atomic E-state index is 0.0882. The van der Waals surface area contributed by atoms with E-state index in [1.165, 1.54) is 13.8 Å². The van der Waals surface area contributed by atoms with Gasteiger partial charge in [0.1, 0.15) is 17.1 Å². The minimum Gasteiger partial charge on any atom is -0.481 e. The van der Waals surface area contributed by atoms with Gasteiger partial charge in [-0.1, -0.05) is 15.9 Å². The molecule has 2 aromatic rings. The summed E-state index contributed by atoms with van der Waals surface area (Å²) in [5, 5.41) is 2.50. The minimum atomic E-state index is -0.868. The van der Waals surface area contributed by atoms with Crippen LogP contribution in [0, 0.1) is 6.92 Å². The fourth-order valence-corrected chi connectivity index (χ4v) is 2.70. The topological polar surface area (TPSA) is 94.8 Å². The predicted octanol–water partition coefficient (Wildman–Crippen LogP) is 4.14. The average Bonchev–Trinajstić information content (AvgIpc) is 2.93. The third-order valence-electron chi connectivity index (χ3n) is 3.65. The van der Waals surface area contributed by atoms with Crippen molar-refractivity contribution in [2.45, 2.75) is 33.8 Å². The van der Waals surface area contributed by atoms with Crippen LogP contribution in [-0.2, 0) is 9.53 Å². The van der Waals surface area contributed by atoms with Gasteiger partial charge in [0.25, 0.3) is 5.91 Å². The zero-order chi connectivity index (χ0) is 20.1. The standard InChI is InChI=1S/C19H20BrNO6/c1-5-25-19(24)16-15(10(2)22)11(3)27-18(16)21-17(23)12(4)26-14-8-6-13(20)7-9-14/h6-9,12H,5H2,1-4H3,(H,21,23). The van der Waals surface area contributed by atoms with Gasteiger partial charge in [-0.15, -0.1) is 0 Å². The number of halogens is 1. The van der Waals surface area contributed by atoms with E-state index in [2.05, 4.69) is 21.2 Å². The Morgan fingerprint density at radius 1 is 1.19 bits per heavy atom.